The maximum atomic E-state index is 12.6. The molecule has 0 heterocycles. The Kier molecular flexibility index (Phi) is 5.97. The molecule has 1 amide bonds. The van der Waals surface area contributed by atoms with E-state index in [4.69, 9.17) is 9.47 Å². The summed E-state index contributed by atoms with van der Waals surface area (Å²) in [5.74, 6) is 1.31. The van der Waals surface area contributed by atoms with Crippen LogP contribution in [-0.4, -0.2) is 18.1 Å². The van der Waals surface area contributed by atoms with Gasteiger partial charge in [-0.05, 0) is 67.4 Å². The van der Waals surface area contributed by atoms with Crippen molar-refractivity contribution in [3.63, 3.8) is 0 Å². The molecule has 0 fully saturated rings. The average Bonchev–Trinajstić information content (AvgIpc) is 2.67. The summed E-state index contributed by atoms with van der Waals surface area (Å²) in [5.41, 5.74) is 0.719. The van der Waals surface area contributed by atoms with Crippen LogP contribution in [0.2, 0.25) is 0 Å². The molecule has 0 saturated carbocycles. The van der Waals surface area contributed by atoms with Gasteiger partial charge in [0.05, 0.1) is 6.10 Å². The van der Waals surface area contributed by atoms with E-state index in [1.165, 1.54) is 0 Å². The van der Waals surface area contributed by atoms with Crippen LogP contribution in [0.5, 0.6) is 11.5 Å². The number of carbonyl (C=O) groups excluding carboxylic acids is 1. The number of rotatable bonds is 7. The Balaban J connectivity index is 1.66. The molecule has 0 unspecified atom stereocenters. The van der Waals surface area contributed by atoms with Gasteiger partial charge < -0.3 is 14.8 Å². The number of hydrogen-bond acceptors (Lipinski definition) is 3. The van der Waals surface area contributed by atoms with Gasteiger partial charge in [-0.25, -0.2) is 0 Å². The lowest BCUT2D eigenvalue weighted by Crippen LogP contribution is -2.32. The van der Waals surface area contributed by atoms with Gasteiger partial charge >= 0.3 is 0 Å². The number of benzene rings is 3. The molecular formula is C23H25NO3. The van der Waals surface area contributed by atoms with E-state index in [0.717, 1.165) is 22.2 Å². The van der Waals surface area contributed by atoms with Crippen LogP contribution in [0.4, 0.5) is 5.69 Å². The van der Waals surface area contributed by atoms with Crippen molar-refractivity contribution in [3.05, 3.63) is 66.7 Å². The van der Waals surface area contributed by atoms with Crippen LogP contribution in [0.15, 0.2) is 66.7 Å². The fourth-order valence-electron chi connectivity index (χ4n) is 2.84. The van der Waals surface area contributed by atoms with Crippen LogP contribution in [0, 0.1) is 0 Å². The van der Waals surface area contributed by atoms with Crippen molar-refractivity contribution < 1.29 is 14.3 Å². The number of carbonyl (C=O) groups is 1. The number of nitrogens with one attached hydrogen (secondary N) is 1. The Hall–Kier alpha value is -3.01. The van der Waals surface area contributed by atoms with E-state index in [9.17, 15) is 4.79 Å². The molecule has 0 radical (unpaired) electrons. The molecule has 0 saturated heterocycles. The van der Waals surface area contributed by atoms with Crippen molar-refractivity contribution >= 4 is 22.4 Å². The Morgan fingerprint density at radius 3 is 2.22 bits per heavy atom. The molecule has 0 aliphatic rings. The highest BCUT2D eigenvalue weighted by atomic mass is 16.5. The molecule has 0 bridgehead atoms. The normalized spacial score (nSPS) is 12.0. The van der Waals surface area contributed by atoms with Gasteiger partial charge in [0.25, 0.3) is 5.91 Å². The molecule has 4 nitrogen and oxygen atoms in total. The lowest BCUT2D eigenvalue weighted by molar-refractivity contribution is -0.122. The molecule has 140 valence electrons. The van der Waals surface area contributed by atoms with Crippen LogP contribution in [0.25, 0.3) is 10.8 Å². The van der Waals surface area contributed by atoms with E-state index in [-0.39, 0.29) is 12.0 Å². The molecule has 27 heavy (non-hydrogen) atoms. The third kappa shape index (κ3) is 5.00. The Labute approximate surface area is 160 Å². The molecule has 1 atom stereocenters. The zero-order valence-corrected chi connectivity index (χ0v) is 15.9. The van der Waals surface area contributed by atoms with E-state index in [1.54, 1.807) is 0 Å². The van der Waals surface area contributed by atoms with E-state index in [0.29, 0.717) is 12.2 Å². The lowest BCUT2D eigenvalue weighted by Gasteiger charge is -2.18. The molecule has 4 heteroatoms. The maximum absolute atomic E-state index is 12.6. The van der Waals surface area contributed by atoms with Crippen LogP contribution in [0.1, 0.15) is 27.2 Å². The summed E-state index contributed by atoms with van der Waals surface area (Å²) in [7, 11) is 0. The Bertz CT molecular complexity index is 903. The van der Waals surface area contributed by atoms with E-state index in [2.05, 4.69) is 11.4 Å². The van der Waals surface area contributed by atoms with Gasteiger partial charge in [-0.2, -0.15) is 0 Å². The SMILES string of the molecule is CC[C@@H](Oc1ccc2ccccc2c1)C(=O)Nc1ccc(OC(C)C)cc1. The number of ether oxygens (including phenoxy) is 2. The highest BCUT2D eigenvalue weighted by Gasteiger charge is 2.18. The minimum atomic E-state index is -0.558. The van der Waals surface area contributed by atoms with Gasteiger partial charge in [0.15, 0.2) is 6.10 Å². The number of amides is 1. The third-order valence-electron chi connectivity index (χ3n) is 4.16. The summed E-state index contributed by atoms with van der Waals surface area (Å²) >= 11 is 0. The van der Waals surface area contributed by atoms with Gasteiger partial charge in [-0.1, -0.05) is 37.3 Å². The van der Waals surface area contributed by atoms with Crippen LogP contribution >= 0.6 is 0 Å². The molecular weight excluding hydrogens is 338 g/mol. The lowest BCUT2D eigenvalue weighted by atomic mass is 10.1. The van der Waals surface area contributed by atoms with Crippen molar-refractivity contribution in [2.75, 3.05) is 5.32 Å². The van der Waals surface area contributed by atoms with Gasteiger partial charge in [0.2, 0.25) is 0 Å². The highest BCUT2D eigenvalue weighted by molar-refractivity contribution is 5.94. The third-order valence-corrected chi connectivity index (χ3v) is 4.16. The standard InChI is InChI=1S/C23H25NO3/c1-4-22(27-21-12-9-17-7-5-6-8-18(17)15-21)23(25)24-19-10-13-20(14-11-19)26-16(2)3/h5-16,22H,4H2,1-3H3,(H,24,25)/t22-/m1/s1. The van der Waals surface area contributed by atoms with Gasteiger partial charge in [0, 0.05) is 5.69 Å². The number of hydrogen-bond donors (Lipinski definition) is 1. The van der Waals surface area contributed by atoms with Gasteiger partial charge in [0.1, 0.15) is 11.5 Å². The van der Waals surface area contributed by atoms with E-state index >= 15 is 0 Å². The molecule has 1 N–H and O–H groups in total. The first-order valence-corrected chi connectivity index (χ1v) is 9.28. The van der Waals surface area contributed by atoms with Crippen LogP contribution < -0.4 is 14.8 Å². The molecule has 0 aliphatic carbocycles. The maximum Gasteiger partial charge on any atom is 0.265 e. The zero-order valence-electron chi connectivity index (χ0n) is 15.9. The predicted molar refractivity (Wildman–Crippen MR) is 109 cm³/mol. The second-order valence-corrected chi connectivity index (χ2v) is 6.70. The average molecular weight is 363 g/mol. The molecule has 0 aromatic heterocycles. The highest BCUT2D eigenvalue weighted by Crippen LogP contribution is 2.23. The largest absolute Gasteiger partial charge is 0.491 e. The summed E-state index contributed by atoms with van der Waals surface area (Å²) in [5, 5.41) is 5.14. The summed E-state index contributed by atoms with van der Waals surface area (Å²) in [6.45, 7) is 5.89. The minimum Gasteiger partial charge on any atom is -0.491 e. The predicted octanol–water partition coefficient (Wildman–Crippen LogP) is 5.42. The van der Waals surface area contributed by atoms with Crippen LogP contribution in [-0.2, 0) is 4.79 Å². The summed E-state index contributed by atoms with van der Waals surface area (Å²) in [6, 6.07) is 21.3. The van der Waals surface area contributed by atoms with Crippen molar-refractivity contribution in [1.82, 2.24) is 0 Å². The van der Waals surface area contributed by atoms with Crippen molar-refractivity contribution in [1.29, 1.82) is 0 Å². The fraction of sp³-hybridized carbons (Fsp3) is 0.261. The molecule has 0 aliphatic heterocycles. The first-order valence-electron chi connectivity index (χ1n) is 9.28. The first-order chi connectivity index (χ1) is 13.0. The van der Waals surface area contributed by atoms with Crippen molar-refractivity contribution in [2.45, 2.75) is 39.4 Å². The van der Waals surface area contributed by atoms with Gasteiger partial charge in [-0.15, -0.1) is 0 Å². The summed E-state index contributed by atoms with van der Waals surface area (Å²) in [4.78, 5) is 12.6. The van der Waals surface area contributed by atoms with Crippen molar-refractivity contribution in [2.24, 2.45) is 0 Å². The van der Waals surface area contributed by atoms with E-state index in [1.807, 2.05) is 81.4 Å². The topological polar surface area (TPSA) is 47.6 Å². The second kappa shape index (κ2) is 8.58. The first kappa shape index (κ1) is 18.8. The molecule has 3 rings (SSSR count). The minimum absolute atomic E-state index is 0.116. The van der Waals surface area contributed by atoms with Crippen molar-refractivity contribution in [3.8, 4) is 11.5 Å². The Morgan fingerprint density at radius 2 is 1.56 bits per heavy atom. The molecule has 3 aromatic rings. The summed E-state index contributed by atoms with van der Waals surface area (Å²) in [6.07, 6.45) is 0.135. The van der Waals surface area contributed by atoms with E-state index < -0.39 is 6.10 Å². The smallest absolute Gasteiger partial charge is 0.265 e. The Morgan fingerprint density at radius 1 is 0.889 bits per heavy atom. The quantitative estimate of drug-likeness (QED) is 0.609. The summed E-state index contributed by atoms with van der Waals surface area (Å²) < 4.78 is 11.6. The second-order valence-electron chi connectivity index (χ2n) is 6.70. The number of anilines is 1. The monoisotopic (exact) mass is 363 g/mol. The molecule has 3 aromatic carbocycles. The fourth-order valence-corrected chi connectivity index (χ4v) is 2.84. The van der Waals surface area contributed by atoms with Crippen LogP contribution in [0.3, 0.4) is 0 Å². The zero-order chi connectivity index (χ0) is 19.2. The number of fused-ring (bicyclic) bond motifs is 1. The molecule has 0 spiro atoms. The van der Waals surface area contributed by atoms with Gasteiger partial charge in [-0.3, -0.25) is 4.79 Å².